The molecule has 6 nitrogen and oxygen atoms in total. The lowest BCUT2D eigenvalue weighted by Gasteiger charge is -2.27. The second-order valence-corrected chi connectivity index (χ2v) is 3.36. The summed E-state index contributed by atoms with van der Waals surface area (Å²) in [5.41, 5.74) is 5.57. The summed E-state index contributed by atoms with van der Waals surface area (Å²) in [5, 5.41) is 0. The molecule has 0 spiro atoms. The van der Waals surface area contributed by atoms with Gasteiger partial charge in [-0.1, -0.05) is 6.92 Å². The van der Waals surface area contributed by atoms with Crippen LogP contribution in [0.5, 0.6) is 0 Å². The first kappa shape index (κ1) is 14.9. The molecule has 6 heteroatoms. The Morgan fingerprint density at radius 1 is 1.19 bits per heavy atom. The van der Waals surface area contributed by atoms with E-state index >= 15 is 0 Å². The third-order valence-corrected chi connectivity index (χ3v) is 2.38. The van der Waals surface area contributed by atoms with Gasteiger partial charge in [0, 0.05) is 12.6 Å². The summed E-state index contributed by atoms with van der Waals surface area (Å²) in [5.74, 6) is -0.786. The van der Waals surface area contributed by atoms with Crippen molar-refractivity contribution in [3.05, 3.63) is 0 Å². The van der Waals surface area contributed by atoms with Gasteiger partial charge in [-0.3, -0.25) is 14.5 Å². The molecule has 1 atom stereocenters. The SMILES string of the molecule is CCC(CN)N(CC(=O)OC)CC(=O)OC. The molecule has 0 aromatic carbocycles. The van der Waals surface area contributed by atoms with Crippen molar-refractivity contribution < 1.29 is 19.1 Å². The molecule has 0 saturated carbocycles. The molecule has 94 valence electrons. The van der Waals surface area contributed by atoms with Gasteiger partial charge in [0.1, 0.15) is 0 Å². The van der Waals surface area contributed by atoms with Crippen LogP contribution in [0.3, 0.4) is 0 Å². The highest BCUT2D eigenvalue weighted by Crippen LogP contribution is 2.03. The molecule has 0 aliphatic rings. The fourth-order valence-electron chi connectivity index (χ4n) is 1.35. The van der Waals surface area contributed by atoms with E-state index in [0.717, 1.165) is 6.42 Å². The summed E-state index contributed by atoms with van der Waals surface area (Å²) < 4.78 is 9.12. The van der Waals surface area contributed by atoms with E-state index in [1.807, 2.05) is 6.92 Å². The second-order valence-electron chi connectivity index (χ2n) is 3.36. The third kappa shape index (κ3) is 5.09. The van der Waals surface area contributed by atoms with Crippen LogP contribution in [0.15, 0.2) is 0 Å². The smallest absolute Gasteiger partial charge is 0.319 e. The molecule has 0 bridgehead atoms. The molecular formula is C10H20N2O4. The molecule has 0 aromatic rings. The van der Waals surface area contributed by atoms with Gasteiger partial charge in [-0.25, -0.2) is 0 Å². The fourth-order valence-corrected chi connectivity index (χ4v) is 1.35. The third-order valence-electron chi connectivity index (χ3n) is 2.38. The fraction of sp³-hybridized carbons (Fsp3) is 0.800. The Morgan fingerprint density at radius 3 is 1.88 bits per heavy atom. The summed E-state index contributed by atoms with van der Waals surface area (Å²) in [7, 11) is 2.62. The summed E-state index contributed by atoms with van der Waals surface area (Å²) in [4.78, 5) is 24.0. The van der Waals surface area contributed by atoms with E-state index in [2.05, 4.69) is 9.47 Å². The van der Waals surface area contributed by atoms with E-state index < -0.39 is 11.9 Å². The van der Waals surface area contributed by atoms with Crippen molar-refractivity contribution in [3.63, 3.8) is 0 Å². The lowest BCUT2D eigenvalue weighted by atomic mass is 10.2. The van der Waals surface area contributed by atoms with Crippen molar-refractivity contribution in [2.45, 2.75) is 19.4 Å². The molecule has 0 aromatic heterocycles. The average molecular weight is 232 g/mol. The maximum Gasteiger partial charge on any atom is 0.319 e. The van der Waals surface area contributed by atoms with Crippen LogP contribution in [0.2, 0.25) is 0 Å². The zero-order valence-corrected chi connectivity index (χ0v) is 10.1. The topological polar surface area (TPSA) is 81.9 Å². The Bertz CT molecular complexity index is 211. The Hall–Kier alpha value is -1.14. The quantitative estimate of drug-likeness (QED) is 0.589. The van der Waals surface area contributed by atoms with Gasteiger partial charge in [0.05, 0.1) is 27.3 Å². The van der Waals surface area contributed by atoms with Crippen LogP contribution in [0.25, 0.3) is 0 Å². The summed E-state index contributed by atoms with van der Waals surface area (Å²) in [6.07, 6.45) is 0.754. The highest BCUT2D eigenvalue weighted by Gasteiger charge is 2.21. The highest BCUT2D eigenvalue weighted by molar-refractivity contribution is 5.74. The van der Waals surface area contributed by atoms with Crippen LogP contribution >= 0.6 is 0 Å². The van der Waals surface area contributed by atoms with Crippen LogP contribution < -0.4 is 5.73 Å². The van der Waals surface area contributed by atoms with E-state index in [9.17, 15) is 9.59 Å². The number of nitrogens with two attached hydrogens (primary N) is 1. The number of hydrogen-bond donors (Lipinski definition) is 1. The number of nitrogens with zero attached hydrogens (tertiary/aromatic N) is 1. The number of methoxy groups -OCH3 is 2. The number of hydrogen-bond acceptors (Lipinski definition) is 6. The standard InChI is InChI=1S/C10H20N2O4/c1-4-8(5-11)12(6-9(13)15-2)7-10(14)16-3/h8H,4-7,11H2,1-3H3. The minimum Gasteiger partial charge on any atom is -0.468 e. The van der Waals surface area contributed by atoms with Gasteiger partial charge in [0.2, 0.25) is 0 Å². The van der Waals surface area contributed by atoms with E-state index in [0.29, 0.717) is 6.54 Å². The largest absolute Gasteiger partial charge is 0.468 e. The summed E-state index contributed by atoms with van der Waals surface area (Å²) in [6, 6.07) is -0.0294. The second kappa shape index (κ2) is 8.06. The van der Waals surface area contributed by atoms with Crippen LogP contribution in [-0.4, -0.2) is 56.7 Å². The molecule has 1 unspecified atom stereocenters. The number of ether oxygens (including phenoxy) is 2. The van der Waals surface area contributed by atoms with Crippen molar-refractivity contribution in [1.82, 2.24) is 4.90 Å². The molecule has 16 heavy (non-hydrogen) atoms. The normalized spacial score (nSPS) is 12.3. The Labute approximate surface area is 95.7 Å². The first-order valence-corrected chi connectivity index (χ1v) is 5.16. The minimum absolute atomic E-state index is 0.0294. The van der Waals surface area contributed by atoms with Gasteiger partial charge in [0.15, 0.2) is 0 Å². The van der Waals surface area contributed by atoms with Crippen molar-refractivity contribution in [2.75, 3.05) is 33.9 Å². The molecule has 0 radical (unpaired) electrons. The van der Waals surface area contributed by atoms with E-state index in [4.69, 9.17) is 5.73 Å². The average Bonchev–Trinajstić information content (AvgIpc) is 2.29. The van der Waals surface area contributed by atoms with Crippen molar-refractivity contribution in [3.8, 4) is 0 Å². The monoisotopic (exact) mass is 232 g/mol. The minimum atomic E-state index is -0.393. The van der Waals surface area contributed by atoms with Crippen LogP contribution in [0.1, 0.15) is 13.3 Å². The first-order valence-electron chi connectivity index (χ1n) is 5.16. The van der Waals surface area contributed by atoms with Gasteiger partial charge in [-0.05, 0) is 6.42 Å². The van der Waals surface area contributed by atoms with Gasteiger partial charge >= 0.3 is 11.9 Å². The molecule has 2 N–H and O–H groups in total. The molecule has 0 fully saturated rings. The number of carbonyl (C=O) groups excluding carboxylic acids is 2. The molecule has 0 saturated heterocycles. The Balaban J connectivity index is 4.47. The molecular weight excluding hydrogens is 212 g/mol. The van der Waals surface area contributed by atoms with E-state index in [1.54, 1.807) is 4.90 Å². The zero-order chi connectivity index (χ0) is 12.6. The zero-order valence-electron chi connectivity index (χ0n) is 10.1. The maximum absolute atomic E-state index is 11.2. The molecule has 0 rings (SSSR count). The predicted molar refractivity (Wildman–Crippen MR) is 58.7 cm³/mol. The Morgan fingerprint density at radius 2 is 1.62 bits per heavy atom. The summed E-state index contributed by atoms with van der Waals surface area (Å²) in [6.45, 7) is 2.41. The summed E-state index contributed by atoms with van der Waals surface area (Å²) >= 11 is 0. The van der Waals surface area contributed by atoms with Crippen molar-refractivity contribution >= 4 is 11.9 Å². The lowest BCUT2D eigenvalue weighted by molar-refractivity contribution is -0.146. The van der Waals surface area contributed by atoms with Gasteiger partial charge in [-0.2, -0.15) is 0 Å². The van der Waals surface area contributed by atoms with Gasteiger partial charge < -0.3 is 15.2 Å². The van der Waals surface area contributed by atoms with Crippen LogP contribution in [-0.2, 0) is 19.1 Å². The Kier molecular flexibility index (Phi) is 7.49. The number of carbonyl (C=O) groups is 2. The van der Waals surface area contributed by atoms with E-state index in [-0.39, 0.29) is 19.1 Å². The number of esters is 2. The molecule has 0 aliphatic carbocycles. The van der Waals surface area contributed by atoms with Crippen molar-refractivity contribution in [1.29, 1.82) is 0 Å². The van der Waals surface area contributed by atoms with E-state index in [1.165, 1.54) is 14.2 Å². The molecule has 0 aliphatic heterocycles. The maximum atomic E-state index is 11.2. The van der Waals surface area contributed by atoms with Crippen LogP contribution in [0, 0.1) is 0 Å². The van der Waals surface area contributed by atoms with Crippen LogP contribution in [0.4, 0.5) is 0 Å². The van der Waals surface area contributed by atoms with Gasteiger partial charge in [-0.15, -0.1) is 0 Å². The van der Waals surface area contributed by atoms with Crippen molar-refractivity contribution in [2.24, 2.45) is 5.73 Å². The highest BCUT2D eigenvalue weighted by atomic mass is 16.5. The predicted octanol–water partition coefficient (Wildman–Crippen LogP) is -0.628. The molecule has 0 amide bonds. The lowest BCUT2D eigenvalue weighted by Crippen LogP contribution is -2.46. The van der Waals surface area contributed by atoms with Gasteiger partial charge in [0.25, 0.3) is 0 Å². The number of rotatable bonds is 7. The first-order chi connectivity index (χ1) is 7.58. The molecule has 0 heterocycles.